The van der Waals surface area contributed by atoms with Gasteiger partial charge < -0.3 is 0 Å². The number of hydrogen-bond acceptors (Lipinski definition) is 5. The summed E-state index contributed by atoms with van der Waals surface area (Å²) in [5.74, 6) is -2.22. The third-order valence-electron chi connectivity index (χ3n) is 7.79. The van der Waals surface area contributed by atoms with Crippen LogP contribution in [0, 0.1) is 23.7 Å². The average molecular weight is 481 g/mol. The highest BCUT2D eigenvalue weighted by molar-refractivity contribution is 6.23. The second-order valence-corrected chi connectivity index (χ2v) is 9.76. The van der Waals surface area contributed by atoms with Crippen molar-refractivity contribution in [1.29, 1.82) is 0 Å². The fourth-order valence-electron chi connectivity index (χ4n) is 5.80. The monoisotopic (exact) mass is 480 g/mol. The Bertz CT molecular complexity index is 1200. The third-order valence-corrected chi connectivity index (χ3v) is 7.79. The van der Waals surface area contributed by atoms with Crippen LogP contribution in [-0.2, 0) is 19.2 Å². The SMILES string of the molecule is O=C(c1ccc(N2C(=O)[C@@H]3CC=CC[C@H]3C2=O)cc1)c1ccc(N2C(=O)[C@@H]3CC=CC[C@H]3C2=O)cc1. The molecule has 2 fully saturated rings. The number of amides is 4. The number of rotatable bonds is 4. The topological polar surface area (TPSA) is 91.8 Å². The van der Waals surface area contributed by atoms with Crippen LogP contribution in [0.15, 0.2) is 72.8 Å². The minimum absolute atomic E-state index is 0.189. The van der Waals surface area contributed by atoms with E-state index in [-0.39, 0.29) is 53.1 Å². The van der Waals surface area contributed by atoms with Crippen LogP contribution in [0.3, 0.4) is 0 Å². The fourth-order valence-corrected chi connectivity index (χ4v) is 5.80. The van der Waals surface area contributed by atoms with Crippen molar-refractivity contribution in [3.63, 3.8) is 0 Å². The first kappa shape index (κ1) is 22.3. The molecule has 36 heavy (non-hydrogen) atoms. The van der Waals surface area contributed by atoms with Gasteiger partial charge in [-0.3, -0.25) is 33.8 Å². The van der Waals surface area contributed by atoms with E-state index in [0.29, 0.717) is 48.2 Å². The molecule has 0 N–H and O–H groups in total. The first-order valence-corrected chi connectivity index (χ1v) is 12.3. The van der Waals surface area contributed by atoms with E-state index in [1.807, 2.05) is 24.3 Å². The first-order valence-electron chi connectivity index (χ1n) is 12.3. The zero-order valence-corrected chi connectivity index (χ0v) is 19.5. The molecule has 2 heterocycles. The van der Waals surface area contributed by atoms with Gasteiger partial charge in [0, 0.05) is 11.1 Å². The van der Waals surface area contributed by atoms with Crippen molar-refractivity contribution in [3.8, 4) is 0 Å². The lowest BCUT2D eigenvalue weighted by Gasteiger charge is -2.16. The van der Waals surface area contributed by atoms with Gasteiger partial charge in [0.15, 0.2) is 5.78 Å². The molecule has 7 heteroatoms. The molecule has 7 nitrogen and oxygen atoms in total. The van der Waals surface area contributed by atoms with Crippen molar-refractivity contribution in [3.05, 3.63) is 84.0 Å². The molecule has 2 saturated heterocycles. The maximum absolute atomic E-state index is 13.1. The molecule has 2 aromatic rings. The van der Waals surface area contributed by atoms with Gasteiger partial charge in [-0.2, -0.15) is 0 Å². The maximum Gasteiger partial charge on any atom is 0.238 e. The molecule has 2 aliphatic carbocycles. The summed E-state index contributed by atoms with van der Waals surface area (Å²) in [4.78, 5) is 66.8. The van der Waals surface area contributed by atoms with Gasteiger partial charge in [0.2, 0.25) is 23.6 Å². The molecular weight excluding hydrogens is 456 g/mol. The number of allylic oxidation sites excluding steroid dienone is 4. The molecular formula is C29H24N2O5. The Hall–Kier alpha value is -4.13. The molecule has 180 valence electrons. The van der Waals surface area contributed by atoms with Crippen molar-refractivity contribution >= 4 is 40.8 Å². The van der Waals surface area contributed by atoms with Gasteiger partial charge in [0.1, 0.15) is 0 Å². The normalized spacial score (nSPS) is 27.0. The molecule has 0 saturated carbocycles. The van der Waals surface area contributed by atoms with Gasteiger partial charge in [-0.25, -0.2) is 0 Å². The van der Waals surface area contributed by atoms with Crippen molar-refractivity contribution in [2.24, 2.45) is 23.7 Å². The van der Waals surface area contributed by atoms with Crippen molar-refractivity contribution in [1.82, 2.24) is 0 Å². The van der Waals surface area contributed by atoms with Crippen LogP contribution in [0.4, 0.5) is 11.4 Å². The summed E-state index contributed by atoms with van der Waals surface area (Å²) in [6.45, 7) is 0. The average Bonchev–Trinajstić information content (AvgIpc) is 3.33. The van der Waals surface area contributed by atoms with Gasteiger partial charge in [0.25, 0.3) is 0 Å². The Kier molecular flexibility index (Phi) is 5.29. The van der Waals surface area contributed by atoms with E-state index in [4.69, 9.17) is 0 Å². The second kappa shape index (κ2) is 8.52. The molecule has 0 radical (unpaired) electrons. The lowest BCUT2D eigenvalue weighted by atomic mass is 9.85. The molecule has 0 bridgehead atoms. The predicted octanol–water partition coefficient (Wildman–Crippen LogP) is 3.83. The van der Waals surface area contributed by atoms with E-state index in [2.05, 4.69) is 0 Å². The van der Waals surface area contributed by atoms with E-state index in [0.717, 1.165) is 0 Å². The summed E-state index contributed by atoms with van der Waals surface area (Å²) in [5, 5.41) is 0. The Morgan fingerprint density at radius 3 is 1.06 bits per heavy atom. The highest BCUT2D eigenvalue weighted by atomic mass is 16.2. The summed E-state index contributed by atoms with van der Waals surface area (Å²) in [6, 6.07) is 12.9. The highest BCUT2D eigenvalue weighted by Gasteiger charge is 2.48. The van der Waals surface area contributed by atoms with E-state index >= 15 is 0 Å². The van der Waals surface area contributed by atoms with Gasteiger partial charge >= 0.3 is 0 Å². The Balaban J connectivity index is 1.18. The van der Waals surface area contributed by atoms with Crippen LogP contribution in [0.1, 0.15) is 41.6 Å². The summed E-state index contributed by atoms with van der Waals surface area (Å²) < 4.78 is 0. The number of anilines is 2. The van der Waals surface area contributed by atoms with Crippen LogP contribution < -0.4 is 9.80 Å². The number of ketones is 1. The van der Waals surface area contributed by atoms with E-state index in [1.54, 1.807) is 48.5 Å². The quantitative estimate of drug-likeness (QED) is 0.377. The van der Waals surface area contributed by atoms with E-state index < -0.39 is 0 Å². The predicted molar refractivity (Wildman–Crippen MR) is 132 cm³/mol. The van der Waals surface area contributed by atoms with Gasteiger partial charge in [0.05, 0.1) is 35.0 Å². The maximum atomic E-state index is 13.1. The van der Waals surface area contributed by atoms with Crippen molar-refractivity contribution < 1.29 is 24.0 Å². The molecule has 6 rings (SSSR count). The minimum Gasteiger partial charge on any atom is -0.289 e. The van der Waals surface area contributed by atoms with Gasteiger partial charge in [-0.05, 0) is 74.2 Å². The summed E-state index contributed by atoms with van der Waals surface area (Å²) in [7, 11) is 0. The van der Waals surface area contributed by atoms with Crippen LogP contribution in [0.25, 0.3) is 0 Å². The van der Waals surface area contributed by atoms with Gasteiger partial charge in [-0.15, -0.1) is 0 Å². The Labute approximate surface area is 208 Å². The highest BCUT2D eigenvalue weighted by Crippen LogP contribution is 2.39. The largest absolute Gasteiger partial charge is 0.289 e. The summed E-state index contributed by atoms with van der Waals surface area (Å²) in [6.07, 6.45) is 10.1. The van der Waals surface area contributed by atoms with Crippen LogP contribution in [0.5, 0.6) is 0 Å². The number of imide groups is 2. The molecule has 4 aliphatic rings. The Morgan fingerprint density at radius 1 is 0.500 bits per heavy atom. The summed E-state index contributed by atoms with van der Waals surface area (Å²) in [5.41, 5.74) is 1.76. The number of carbonyl (C=O) groups excluding carboxylic acids is 5. The van der Waals surface area contributed by atoms with Crippen LogP contribution >= 0.6 is 0 Å². The molecule has 4 amide bonds. The smallest absolute Gasteiger partial charge is 0.238 e. The fraction of sp³-hybridized carbons (Fsp3) is 0.276. The van der Waals surface area contributed by atoms with Gasteiger partial charge in [-0.1, -0.05) is 24.3 Å². The zero-order chi connectivity index (χ0) is 25.0. The molecule has 0 spiro atoms. The molecule has 0 unspecified atom stereocenters. The first-order chi connectivity index (χ1) is 17.5. The number of hydrogen-bond donors (Lipinski definition) is 0. The number of fused-ring (bicyclic) bond motifs is 2. The van der Waals surface area contributed by atoms with E-state index in [1.165, 1.54) is 9.80 Å². The minimum atomic E-state index is -0.308. The van der Waals surface area contributed by atoms with Crippen LogP contribution in [-0.4, -0.2) is 29.4 Å². The number of benzene rings is 2. The lowest BCUT2D eigenvalue weighted by Crippen LogP contribution is -2.31. The number of nitrogens with zero attached hydrogens (tertiary/aromatic N) is 2. The van der Waals surface area contributed by atoms with E-state index in [9.17, 15) is 24.0 Å². The van der Waals surface area contributed by atoms with Crippen molar-refractivity contribution in [2.45, 2.75) is 25.7 Å². The molecule has 0 aromatic heterocycles. The third kappa shape index (κ3) is 3.38. The zero-order valence-electron chi connectivity index (χ0n) is 19.5. The molecule has 2 aliphatic heterocycles. The van der Waals surface area contributed by atoms with Crippen molar-refractivity contribution in [2.75, 3.05) is 9.80 Å². The van der Waals surface area contributed by atoms with Crippen LogP contribution in [0.2, 0.25) is 0 Å². The number of carbonyl (C=O) groups is 5. The summed E-state index contributed by atoms with van der Waals surface area (Å²) >= 11 is 0. The second-order valence-electron chi connectivity index (χ2n) is 9.76. The Morgan fingerprint density at radius 2 is 0.778 bits per heavy atom. The molecule has 4 atom stereocenters. The molecule has 2 aromatic carbocycles. The standard InChI is InChI=1S/C29H24N2O5/c32-25(17-9-13-19(14-10-17)30-26(33)21-5-1-2-6-22(21)27(30)34)18-11-15-20(16-12-18)31-28(35)23-7-3-4-8-24(23)29(31)36/h1-4,9-16,21-24H,5-8H2/t21-,22-,23-,24-/m1/s1. The lowest BCUT2D eigenvalue weighted by molar-refractivity contribution is -0.124.